The maximum atomic E-state index is 11.7. The van der Waals surface area contributed by atoms with Crippen molar-refractivity contribution in [2.24, 2.45) is 5.92 Å². The van der Waals surface area contributed by atoms with Gasteiger partial charge < -0.3 is 19.9 Å². The van der Waals surface area contributed by atoms with Crippen molar-refractivity contribution in [1.82, 2.24) is 5.32 Å². The lowest BCUT2D eigenvalue weighted by Crippen LogP contribution is -2.47. The van der Waals surface area contributed by atoms with Crippen molar-refractivity contribution in [2.45, 2.75) is 18.8 Å². The molecule has 0 saturated carbocycles. The number of nitriles is 1. The summed E-state index contributed by atoms with van der Waals surface area (Å²) in [5.74, 6) is -3.08. The van der Waals surface area contributed by atoms with Gasteiger partial charge in [0.25, 0.3) is 0 Å². The molecule has 6 heteroatoms. The highest BCUT2D eigenvalue weighted by Gasteiger charge is 2.48. The van der Waals surface area contributed by atoms with Gasteiger partial charge in [0, 0.05) is 0 Å². The van der Waals surface area contributed by atoms with Crippen molar-refractivity contribution >= 4 is 5.97 Å². The smallest absolute Gasteiger partial charge is 0.313 e. The van der Waals surface area contributed by atoms with Gasteiger partial charge in [-0.2, -0.15) is 5.26 Å². The van der Waals surface area contributed by atoms with Gasteiger partial charge in [-0.05, 0) is 31.7 Å². The van der Waals surface area contributed by atoms with Gasteiger partial charge in [-0.25, -0.2) is 0 Å². The third kappa shape index (κ3) is 3.05. The summed E-state index contributed by atoms with van der Waals surface area (Å²) in [7, 11) is 1.69. The van der Waals surface area contributed by atoms with E-state index in [9.17, 15) is 9.90 Å². The predicted molar refractivity (Wildman–Crippen MR) is 74.4 cm³/mol. The van der Waals surface area contributed by atoms with Crippen molar-refractivity contribution in [2.75, 3.05) is 20.3 Å². The number of carboxylic acid groups (broad SMARTS) is 1. The molecule has 1 aliphatic heterocycles. The van der Waals surface area contributed by atoms with Crippen LogP contribution < -0.4 is 5.32 Å². The molecule has 1 heterocycles. The standard InChI is InChI=1S/C15H18N2O4/c1-15(20-7-8-21-15)12(14(18)19)13(17-2)11-5-3-10(9-16)4-6-11/h3-6,12-13,17H,7-8H2,1-2H3,(H,18,19). The monoisotopic (exact) mass is 290 g/mol. The molecule has 0 aromatic heterocycles. The van der Waals surface area contributed by atoms with E-state index in [0.29, 0.717) is 18.8 Å². The van der Waals surface area contributed by atoms with Crippen LogP contribution in [0.1, 0.15) is 24.1 Å². The van der Waals surface area contributed by atoms with E-state index in [2.05, 4.69) is 5.32 Å². The maximum Gasteiger partial charge on any atom is 0.313 e. The second-order valence-corrected chi connectivity index (χ2v) is 5.03. The Labute approximate surface area is 123 Å². The van der Waals surface area contributed by atoms with E-state index >= 15 is 0 Å². The molecule has 1 saturated heterocycles. The van der Waals surface area contributed by atoms with Crippen LogP contribution in [0.2, 0.25) is 0 Å². The van der Waals surface area contributed by atoms with E-state index in [0.717, 1.165) is 5.56 Å². The molecule has 1 fully saturated rings. The Morgan fingerprint density at radius 3 is 2.38 bits per heavy atom. The second kappa shape index (κ2) is 6.22. The van der Waals surface area contributed by atoms with Crippen LogP contribution in [0, 0.1) is 17.2 Å². The molecule has 0 amide bonds. The molecule has 6 nitrogen and oxygen atoms in total. The fraction of sp³-hybridized carbons (Fsp3) is 0.467. The first-order chi connectivity index (χ1) is 10.0. The molecular weight excluding hydrogens is 272 g/mol. The van der Waals surface area contributed by atoms with Crippen molar-refractivity contribution < 1.29 is 19.4 Å². The summed E-state index contributed by atoms with van der Waals surface area (Å²) in [6.45, 7) is 2.40. The zero-order chi connectivity index (χ0) is 15.5. The molecule has 2 unspecified atom stereocenters. The average Bonchev–Trinajstić information content (AvgIpc) is 2.91. The maximum absolute atomic E-state index is 11.7. The molecule has 0 spiro atoms. The SMILES string of the molecule is CNC(c1ccc(C#N)cc1)C(C(=O)O)C1(C)OCCO1. The van der Waals surface area contributed by atoms with Gasteiger partial charge in [-0.1, -0.05) is 12.1 Å². The number of hydrogen-bond donors (Lipinski definition) is 2. The van der Waals surface area contributed by atoms with Gasteiger partial charge in [0.05, 0.1) is 30.9 Å². The van der Waals surface area contributed by atoms with Gasteiger partial charge in [0.15, 0.2) is 5.79 Å². The molecule has 1 aliphatic rings. The van der Waals surface area contributed by atoms with Gasteiger partial charge in [0.2, 0.25) is 0 Å². The normalized spacial score (nSPS) is 19.7. The number of rotatable bonds is 5. The first-order valence-corrected chi connectivity index (χ1v) is 6.70. The number of hydrogen-bond acceptors (Lipinski definition) is 5. The van der Waals surface area contributed by atoms with E-state index in [1.165, 1.54) is 0 Å². The van der Waals surface area contributed by atoms with Crippen LogP contribution >= 0.6 is 0 Å². The van der Waals surface area contributed by atoms with Gasteiger partial charge >= 0.3 is 5.97 Å². The summed E-state index contributed by atoms with van der Waals surface area (Å²) < 4.78 is 11.0. The third-order valence-corrected chi connectivity index (χ3v) is 3.73. The van der Waals surface area contributed by atoms with Gasteiger partial charge in [0.1, 0.15) is 5.92 Å². The van der Waals surface area contributed by atoms with Crippen LogP contribution in [0.15, 0.2) is 24.3 Å². The van der Waals surface area contributed by atoms with Gasteiger partial charge in [-0.15, -0.1) is 0 Å². The summed E-state index contributed by atoms with van der Waals surface area (Å²) >= 11 is 0. The number of nitrogens with zero attached hydrogens (tertiary/aromatic N) is 1. The highest BCUT2D eigenvalue weighted by Crippen LogP contribution is 2.37. The molecular formula is C15H18N2O4. The molecule has 0 bridgehead atoms. The summed E-state index contributed by atoms with van der Waals surface area (Å²) in [6, 6.07) is 8.37. The summed E-state index contributed by atoms with van der Waals surface area (Å²) in [4.78, 5) is 11.7. The quantitative estimate of drug-likeness (QED) is 0.849. The third-order valence-electron chi connectivity index (χ3n) is 3.73. The Hall–Kier alpha value is -1.94. The minimum atomic E-state index is -1.17. The minimum absolute atomic E-state index is 0.379. The van der Waals surface area contributed by atoms with E-state index in [-0.39, 0.29) is 0 Å². The molecule has 2 rings (SSSR count). The lowest BCUT2D eigenvalue weighted by molar-refractivity contribution is -0.202. The predicted octanol–water partition coefficient (Wildman–Crippen LogP) is 1.28. The Morgan fingerprint density at radius 1 is 1.38 bits per heavy atom. The average molecular weight is 290 g/mol. The number of ether oxygens (including phenoxy) is 2. The number of carboxylic acids is 1. The molecule has 1 aromatic rings. The Morgan fingerprint density at radius 2 is 1.95 bits per heavy atom. The first kappa shape index (κ1) is 15.4. The first-order valence-electron chi connectivity index (χ1n) is 6.70. The number of aliphatic carboxylic acids is 1. The summed E-state index contributed by atoms with van der Waals surface area (Å²) in [5.41, 5.74) is 1.30. The summed E-state index contributed by atoms with van der Waals surface area (Å²) in [6.07, 6.45) is 0. The van der Waals surface area contributed by atoms with Crippen LogP contribution in [0.25, 0.3) is 0 Å². The molecule has 0 aliphatic carbocycles. The molecule has 0 radical (unpaired) electrons. The Bertz CT molecular complexity index is 544. The van der Waals surface area contributed by atoms with Crippen molar-refractivity contribution in [1.29, 1.82) is 5.26 Å². The highest BCUT2D eigenvalue weighted by atomic mass is 16.7. The van der Waals surface area contributed by atoms with Gasteiger partial charge in [-0.3, -0.25) is 4.79 Å². The topological polar surface area (TPSA) is 91.6 Å². The minimum Gasteiger partial charge on any atom is -0.481 e. The van der Waals surface area contributed by atoms with Crippen LogP contribution in [0.4, 0.5) is 0 Å². The lowest BCUT2D eigenvalue weighted by atomic mass is 9.86. The van der Waals surface area contributed by atoms with Crippen molar-refractivity contribution in [3.05, 3.63) is 35.4 Å². The van der Waals surface area contributed by atoms with Crippen LogP contribution in [-0.2, 0) is 14.3 Å². The van der Waals surface area contributed by atoms with Crippen molar-refractivity contribution in [3.63, 3.8) is 0 Å². The zero-order valence-corrected chi connectivity index (χ0v) is 12.0. The van der Waals surface area contributed by atoms with E-state index in [1.54, 1.807) is 38.2 Å². The number of carbonyl (C=O) groups is 1. The van der Waals surface area contributed by atoms with E-state index in [4.69, 9.17) is 14.7 Å². The zero-order valence-electron chi connectivity index (χ0n) is 12.0. The lowest BCUT2D eigenvalue weighted by Gasteiger charge is -2.35. The molecule has 112 valence electrons. The number of nitrogens with one attached hydrogen (secondary N) is 1. The molecule has 2 atom stereocenters. The van der Waals surface area contributed by atoms with E-state index < -0.39 is 23.7 Å². The highest BCUT2D eigenvalue weighted by molar-refractivity contribution is 5.72. The second-order valence-electron chi connectivity index (χ2n) is 5.03. The molecule has 2 N–H and O–H groups in total. The van der Waals surface area contributed by atoms with Crippen LogP contribution in [0.3, 0.4) is 0 Å². The number of benzene rings is 1. The Kier molecular flexibility index (Phi) is 4.58. The molecule has 1 aromatic carbocycles. The van der Waals surface area contributed by atoms with Crippen molar-refractivity contribution in [3.8, 4) is 6.07 Å². The fourth-order valence-corrected chi connectivity index (χ4v) is 2.67. The Balaban J connectivity index is 2.35. The largest absolute Gasteiger partial charge is 0.481 e. The molecule has 21 heavy (non-hydrogen) atoms. The fourth-order valence-electron chi connectivity index (χ4n) is 2.67. The van der Waals surface area contributed by atoms with E-state index in [1.807, 2.05) is 6.07 Å². The van der Waals surface area contributed by atoms with Crippen LogP contribution in [0.5, 0.6) is 0 Å². The summed E-state index contributed by atoms with van der Waals surface area (Å²) in [5, 5.41) is 21.5. The van der Waals surface area contributed by atoms with Crippen LogP contribution in [-0.4, -0.2) is 37.1 Å².